The van der Waals surface area contributed by atoms with E-state index in [2.05, 4.69) is 15.9 Å². The number of benzene rings is 1. The van der Waals surface area contributed by atoms with Crippen LogP contribution in [0, 0.1) is 0 Å². The maximum Gasteiger partial charge on any atom is 0.336 e. The lowest BCUT2D eigenvalue weighted by Crippen LogP contribution is -2.02. The fourth-order valence-corrected chi connectivity index (χ4v) is 2.36. The highest BCUT2D eigenvalue weighted by Gasteiger charge is 2.19. The molecule has 0 bridgehead atoms. The van der Waals surface area contributed by atoms with Crippen molar-refractivity contribution in [1.29, 1.82) is 0 Å². The Balaban J connectivity index is 2.62. The number of carbonyl (C=O) groups is 1. The van der Waals surface area contributed by atoms with E-state index in [9.17, 15) is 4.79 Å². The lowest BCUT2D eigenvalue weighted by atomic mass is 10.0. The molecular weight excluding hydrogens is 232 g/mol. The van der Waals surface area contributed by atoms with E-state index in [0.717, 1.165) is 29.3 Å². The van der Waals surface area contributed by atoms with E-state index in [4.69, 9.17) is 5.11 Å². The van der Waals surface area contributed by atoms with Crippen molar-refractivity contribution in [2.45, 2.75) is 19.3 Å². The Morgan fingerprint density at radius 2 is 2.15 bits per heavy atom. The van der Waals surface area contributed by atoms with Crippen LogP contribution < -0.4 is 0 Å². The number of fused-ring (bicyclic) bond motifs is 1. The number of rotatable bonds is 1. The van der Waals surface area contributed by atoms with Crippen LogP contribution in [0.5, 0.6) is 0 Å². The number of carboxylic acid groups (broad SMARTS) is 1. The predicted octanol–water partition coefficient (Wildman–Crippen LogP) is 2.64. The van der Waals surface area contributed by atoms with Gasteiger partial charge in [0.1, 0.15) is 0 Å². The molecule has 1 aromatic rings. The average molecular weight is 241 g/mol. The summed E-state index contributed by atoms with van der Waals surface area (Å²) in [6, 6.07) is 3.71. The highest BCUT2D eigenvalue weighted by molar-refractivity contribution is 9.10. The third-order valence-corrected chi connectivity index (χ3v) is 2.87. The summed E-state index contributed by atoms with van der Waals surface area (Å²) in [5.74, 6) is -0.820. The number of aromatic carboxylic acids is 1. The maximum atomic E-state index is 10.9. The van der Waals surface area contributed by atoms with Crippen molar-refractivity contribution in [2.24, 2.45) is 0 Å². The monoisotopic (exact) mass is 240 g/mol. The van der Waals surface area contributed by atoms with E-state index in [1.165, 1.54) is 5.56 Å². The van der Waals surface area contributed by atoms with Crippen LogP contribution >= 0.6 is 15.9 Å². The summed E-state index contributed by atoms with van der Waals surface area (Å²) >= 11 is 3.32. The SMILES string of the molecule is O=C(O)c1cc(Br)cc2c1CCC2. The second kappa shape index (κ2) is 3.14. The molecule has 0 atom stereocenters. The lowest BCUT2D eigenvalue weighted by molar-refractivity contribution is 0.0695. The van der Waals surface area contributed by atoms with Gasteiger partial charge in [-0.25, -0.2) is 4.79 Å². The van der Waals surface area contributed by atoms with Gasteiger partial charge in [0, 0.05) is 4.47 Å². The number of hydrogen-bond donors (Lipinski definition) is 1. The Hall–Kier alpha value is -0.830. The summed E-state index contributed by atoms with van der Waals surface area (Å²) in [6.07, 6.45) is 2.99. The number of carboxylic acids is 1. The van der Waals surface area contributed by atoms with Crippen molar-refractivity contribution in [3.05, 3.63) is 33.3 Å². The molecule has 1 aliphatic carbocycles. The van der Waals surface area contributed by atoms with Crippen molar-refractivity contribution >= 4 is 21.9 Å². The minimum atomic E-state index is -0.820. The molecule has 3 heteroatoms. The minimum absolute atomic E-state index is 0.460. The Morgan fingerprint density at radius 1 is 1.38 bits per heavy atom. The second-order valence-corrected chi connectivity index (χ2v) is 4.17. The smallest absolute Gasteiger partial charge is 0.336 e. The quantitative estimate of drug-likeness (QED) is 0.820. The molecule has 0 amide bonds. The zero-order valence-corrected chi connectivity index (χ0v) is 8.60. The third kappa shape index (κ3) is 1.48. The molecule has 2 nitrogen and oxygen atoms in total. The molecule has 0 unspecified atom stereocenters. The van der Waals surface area contributed by atoms with Gasteiger partial charge in [0.2, 0.25) is 0 Å². The van der Waals surface area contributed by atoms with Gasteiger partial charge in [-0.1, -0.05) is 15.9 Å². The van der Waals surface area contributed by atoms with Crippen molar-refractivity contribution < 1.29 is 9.90 Å². The molecule has 0 saturated carbocycles. The fourth-order valence-electron chi connectivity index (χ4n) is 1.86. The Bertz CT molecular complexity index is 371. The Morgan fingerprint density at radius 3 is 2.85 bits per heavy atom. The van der Waals surface area contributed by atoms with E-state index in [-0.39, 0.29) is 0 Å². The van der Waals surface area contributed by atoms with Gasteiger partial charge in [0.05, 0.1) is 5.56 Å². The molecule has 13 heavy (non-hydrogen) atoms. The minimum Gasteiger partial charge on any atom is -0.478 e. The molecule has 2 rings (SSSR count). The molecule has 0 fully saturated rings. The third-order valence-electron chi connectivity index (χ3n) is 2.41. The molecular formula is C10H9BrO2. The zero-order chi connectivity index (χ0) is 9.42. The van der Waals surface area contributed by atoms with Crippen LogP contribution in [0.25, 0.3) is 0 Å². The molecule has 0 aliphatic heterocycles. The van der Waals surface area contributed by atoms with Gasteiger partial charge in [-0.05, 0) is 42.5 Å². The highest BCUT2D eigenvalue weighted by Crippen LogP contribution is 2.29. The van der Waals surface area contributed by atoms with E-state index >= 15 is 0 Å². The average Bonchev–Trinajstić information content (AvgIpc) is 2.49. The van der Waals surface area contributed by atoms with E-state index in [0.29, 0.717) is 5.56 Å². The summed E-state index contributed by atoms with van der Waals surface area (Å²) < 4.78 is 0.866. The molecule has 1 aromatic carbocycles. The second-order valence-electron chi connectivity index (χ2n) is 3.25. The van der Waals surface area contributed by atoms with Crippen LogP contribution in [0.3, 0.4) is 0 Å². The number of aryl methyl sites for hydroxylation is 1. The molecule has 0 radical (unpaired) electrons. The van der Waals surface area contributed by atoms with Crippen LogP contribution in [0.15, 0.2) is 16.6 Å². The van der Waals surface area contributed by atoms with Crippen molar-refractivity contribution in [3.8, 4) is 0 Å². The van der Waals surface area contributed by atoms with Crippen LogP contribution in [0.4, 0.5) is 0 Å². The molecule has 68 valence electrons. The summed E-state index contributed by atoms with van der Waals surface area (Å²) in [7, 11) is 0. The van der Waals surface area contributed by atoms with Crippen LogP contribution in [-0.4, -0.2) is 11.1 Å². The van der Waals surface area contributed by atoms with Gasteiger partial charge in [-0.3, -0.25) is 0 Å². The maximum absolute atomic E-state index is 10.9. The van der Waals surface area contributed by atoms with E-state index < -0.39 is 5.97 Å². The van der Waals surface area contributed by atoms with Gasteiger partial charge in [-0.2, -0.15) is 0 Å². The summed E-state index contributed by atoms with van der Waals surface area (Å²) in [4.78, 5) is 10.9. The van der Waals surface area contributed by atoms with Gasteiger partial charge in [0.25, 0.3) is 0 Å². The molecule has 1 aliphatic rings. The van der Waals surface area contributed by atoms with Crippen LogP contribution in [-0.2, 0) is 12.8 Å². The van der Waals surface area contributed by atoms with Crippen molar-refractivity contribution in [2.75, 3.05) is 0 Å². The van der Waals surface area contributed by atoms with E-state index in [1.807, 2.05) is 6.07 Å². The summed E-state index contributed by atoms with van der Waals surface area (Å²) in [5, 5.41) is 8.95. The van der Waals surface area contributed by atoms with Gasteiger partial charge in [0.15, 0.2) is 0 Å². The summed E-state index contributed by atoms with van der Waals surface area (Å²) in [5.41, 5.74) is 2.67. The zero-order valence-electron chi connectivity index (χ0n) is 7.01. The highest BCUT2D eigenvalue weighted by atomic mass is 79.9. The Kier molecular flexibility index (Phi) is 2.12. The molecule has 0 spiro atoms. The number of hydrogen-bond acceptors (Lipinski definition) is 1. The van der Waals surface area contributed by atoms with Crippen LogP contribution in [0.2, 0.25) is 0 Å². The largest absolute Gasteiger partial charge is 0.478 e. The molecule has 1 N–H and O–H groups in total. The fraction of sp³-hybridized carbons (Fsp3) is 0.300. The topological polar surface area (TPSA) is 37.3 Å². The first-order valence-electron chi connectivity index (χ1n) is 4.23. The van der Waals surface area contributed by atoms with Gasteiger partial charge < -0.3 is 5.11 Å². The lowest BCUT2D eigenvalue weighted by Gasteiger charge is -2.04. The van der Waals surface area contributed by atoms with Crippen molar-refractivity contribution in [1.82, 2.24) is 0 Å². The van der Waals surface area contributed by atoms with Crippen molar-refractivity contribution in [3.63, 3.8) is 0 Å². The van der Waals surface area contributed by atoms with Crippen LogP contribution in [0.1, 0.15) is 27.9 Å². The molecule has 0 aromatic heterocycles. The van der Waals surface area contributed by atoms with Gasteiger partial charge in [-0.15, -0.1) is 0 Å². The Labute approximate surface area is 84.7 Å². The first-order valence-corrected chi connectivity index (χ1v) is 5.02. The number of halogens is 1. The molecule has 0 heterocycles. The normalized spacial score (nSPS) is 14.2. The first kappa shape index (κ1) is 8.75. The van der Waals surface area contributed by atoms with Gasteiger partial charge >= 0.3 is 5.97 Å². The standard InChI is InChI=1S/C10H9BrO2/c11-7-4-6-2-1-3-8(6)9(5-7)10(12)13/h4-5H,1-3H2,(H,12,13). The van der Waals surface area contributed by atoms with E-state index in [1.54, 1.807) is 6.07 Å². The first-order chi connectivity index (χ1) is 6.18. The predicted molar refractivity (Wildman–Crippen MR) is 53.1 cm³/mol. The summed E-state index contributed by atoms with van der Waals surface area (Å²) in [6.45, 7) is 0. The molecule has 0 saturated heterocycles.